The molecule has 1 saturated heterocycles. The van der Waals surface area contributed by atoms with E-state index in [4.69, 9.17) is 5.73 Å². The molecule has 1 aromatic rings. The minimum Gasteiger partial charge on any atom is -0.384 e. The fourth-order valence-corrected chi connectivity index (χ4v) is 2.47. The van der Waals surface area contributed by atoms with Crippen molar-refractivity contribution < 1.29 is 0 Å². The molecule has 2 N–H and O–H groups in total. The van der Waals surface area contributed by atoms with Gasteiger partial charge in [0.25, 0.3) is 0 Å². The molecule has 0 spiro atoms. The van der Waals surface area contributed by atoms with Crippen LogP contribution in [0.2, 0.25) is 0 Å². The van der Waals surface area contributed by atoms with Crippen molar-refractivity contribution in [2.75, 3.05) is 37.8 Å². The van der Waals surface area contributed by atoms with E-state index in [1.165, 1.54) is 12.8 Å². The Kier molecular flexibility index (Phi) is 3.47. The standard InChI is InChI=1S/C12H21N5/c1-9-14-11(13)7-12(15-9)17-6-4-5-10(17)8-16(2)3/h7,10H,4-6,8H2,1-3H3,(H2,13,14,15). The van der Waals surface area contributed by atoms with E-state index in [-0.39, 0.29) is 0 Å². The molecule has 17 heavy (non-hydrogen) atoms. The van der Waals surface area contributed by atoms with E-state index >= 15 is 0 Å². The van der Waals surface area contributed by atoms with Crippen molar-refractivity contribution in [3.05, 3.63) is 11.9 Å². The lowest BCUT2D eigenvalue weighted by Crippen LogP contribution is -2.38. The average Bonchev–Trinajstić information content (AvgIpc) is 2.63. The average molecular weight is 235 g/mol. The lowest BCUT2D eigenvalue weighted by Gasteiger charge is -2.28. The Labute approximate surface area is 103 Å². The Hall–Kier alpha value is -1.36. The summed E-state index contributed by atoms with van der Waals surface area (Å²) in [4.78, 5) is 13.2. The van der Waals surface area contributed by atoms with Crippen LogP contribution in [0.5, 0.6) is 0 Å². The van der Waals surface area contributed by atoms with E-state index in [2.05, 4.69) is 33.9 Å². The lowest BCUT2D eigenvalue weighted by atomic mass is 10.2. The highest BCUT2D eigenvalue weighted by Gasteiger charge is 2.26. The maximum absolute atomic E-state index is 5.79. The highest BCUT2D eigenvalue weighted by Crippen LogP contribution is 2.25. The molecule has 5 heteroatoms. The minimum atomic E-state index is 0.540. The van der Waals surface area contributed by atoms with Crippen molar-refractivity contribution in [3.8, 4) is 0 Å². The molecule has 1 aliphatic rings. The fraction of sp³-hybridized carbons (Fsp3) is 0.667. The van der Waals surface area contributed by atoms with E-state index in [0.717, 1.165) is 24.7 Å². The van der Waals surface area contributed by atoms with Gasteiger partial charge in [-0.1, -0.05) is 0 Å². The second-order valence-corrected chi connectivity index (χ2v) is 4.95. The van der Waals surface area contributed by atoms with Crippen molar-refractivity contribution in [3.63, 3.8) is 0 Å². The van der Waals surface area contributed by atoms with Crippen molar-refractivity contribution in [1.29, 1.82) is 0 Å². The minimum absolute atomic E-state index is 0.540. The summed E-state index contributed by atoms with van der Waals surface area (Å²) >= 11 is 0. The van der Waals surface area contributed by atoms with Gasteiger partial charge in [0.1, 0.15) is 17.5 Å². The summed E-state index contributed by atoms with van der Waals surface area (Å²) < 4.78 is 0. The fourth-order valence-electron chi connectivity index (χ4n) is 2.47. The molecule has 0 bridgehead atoms. The molecule has 1 fully saturated rings. The number of rotatable bonds is 3. The number of aromatic nitrogens is 2. The van der Waals surface area contributed by atoms with Crippen LogP contribution in [0.3, 0.4) is 0 Å². The summed E-state index contributed by atoms with van der Waals surface area (Å²) in [6, 6.07) is 2.42. The number of anilines is 2. The zero-order valence-corrected chi connectivity index (χ0v) is 10.8. The zero-order valence-electron chi connectivity index (χ0n) is 10.8. The summed E-state index contributed by atoms with van der Waals surface area (Å²) in [7, 11) is 4.21. The van der Waals surface area contributed by atoms with Crippen LogP contribution in [0.4, 0.5) is 11.6 Å². The van der Waals surface area contributed by atoms with Gasteiger partial charge in [-0.2, -0.15) is 0 Å². The molecule has 0 aromatic carbocycles. The van der Waals surface area contributed by atoms with Crippen molar-refractivity contribution in [2.24, 2.45) is 0 Å². The van der Waals surface area contributed by atoms with Gasteiger partial charge in [0.05, 0.1) is 0 Å². The third kappa shape index (κ3) is 2.85. The van der Waals surface area contributed by atoms with Crippen molar-refractivity contribution in [1.82, 2.24) is 14.9 Å². The van der Waals surface area contributed by atoms with Crippen LogP contribution in [-0.2, 0) is 0 Å². The molecule has 0 saturated carbocycles. The molecule has 1 unspecified atom stereocenters. The van der Waals surface area contributed by atoms with E-state index in [1.54, 1.807) is 0 Å². The number of hydrogen-bond acceptors (Lipinski definition) is 5. The Morgan fingerprint density at radius 2 is 2.24 bits per heavy atom. The first-order chi connectivity index (χ1) is 8.06. The highest BCUT2D eigenvalue weighted by molar-refractivity contribution is 5.48. The lowest BCUT2D eigenvalue weighted by molar-refractivity contribution is 0.371. The smallest absolute Gasteiger partial charge is 0.134 e. The Morgan fingerprint density at radius 1 is 1.47 bits per heavy atom. The van der Waals surface area contributed by atoms with Crippen LogP contribution in [-0.4, -0.2) is 48.1 Å². The largest absolute Gasteiger partial charge is 0.384 e. The quantitative estimate of drug-likeness (QED) is 0.843. The van der Waals surface area contributed by atoms with Crippen molar-refractivity contribution >= 4 is 11.6 Å². The van der Waals surface area contributed by atoms with Gasteiger partial charge >= 0.3 is 0 Å². The van der Waals surface area contributed by atoms with Gasteiger partial charge < -0.3 is 15.5 Å². The zero-order chi connectivity index (χ0) is 12.4. The number of nitrogen functional groups attached to an aromatic ring is 1. The normalized spacial score (nSPS) is 20.2. The van der Waals surface area contributed by atoms with Gasteiger partial charge in [0, 0.05) is 25.2 Å². The molecule has 1 aliphatic heterocycles. The monoisotopic (exact) mass is 235 g/mol. The molecular weight excluding hydrogens is 214 g/mol. The van der Waals surface area contributed by atoms with Crippen LogP contribution in [0.25, 0.3) is 0 Å². The molecule has 94 valence electrons. The van der Waals surface area contributed by atoms with Gasteiger partial charge in [-0.05, 0) is 33.9 Å². The van der Waals surface area contributed by atoms with Gasteiger partial charge in [-0.3, -0.25) is 0 Å². The Balaban J connectivity index is 2.19. The molecule has 1 aromatic heterocycles. The van der Waals surface area contributed by atoms with E-state index < -0.39 is 0 Å². The maximum atomic E-state index is 5.79. The summed E-state index contributed by atoms with van der Waals surface area (Å²) in [5.41, 5.74) is 5.79. The van der Waals surface area contributed by atoms with Gasteiger partial charge in [0.15, 0.2) is 0 Å². The number of likely N-dealkylation sites (N-methyl/N-ethyl adjacent to an activating group) is 1. The second kappa shape index (κ2) is 4.87. The van der Waals surface area contributed by atoms with Crippen LogP contribution >= 0.6 is 0 Å². The Bertz CT molecular complexity index is 370. The van der Waals surface area contributed by atoms with E-state index in [9.17, 15) is 0 Å². The maximum Gasteiger partial charge on any atom is 0.134 e. The third-order valence-corrected chi connectivity index (χ3v) is 3.09. The molecule has 0 radical (unpaired) electrons. The van der Waals surface area contributed by atoms with Gasteiger partial charge in [-0.15, -0.1) is 0 Å². The topological polar surface area (TPSA) is 58.3 Å². The molecule has 0 aliphatic carbocycles. The first-order valence-corrected chi connectivity index (χ1v) is 6.09. The number of nitrogens with two attached hydrogens (primary N) is 1. The molecular formula is C12H21N5. The molecule has 5 nitrogen and oxygen atoms in total. The summed E-state index contributed by atoms with van der Waals surface area (Å²) in [6.45, 7) is 4.01. The van der Waals surface area contributed by atoms with E-state index in [0.29, 0.717) is 11.9 Å². The summed E-state index contributed by atoms with van der Waals surface area (Å²) in [5.74, 6) is 2.28. The number of nitrogens with zero attached hydrogens (tertiary/aromatic N) is 4. The number of aryl methyl sites for hydroxylation is 1. The highest BCUT2D eigenvalue weighted by atomic mass is 15.3. The van der Waals surface area contributed by atoms with Crippen LogP contribution < -0.4 is 10.6 Å². The first kappa shape index (κ1) is 12.1. The van der Waals surface area contributed by atoms with E-state index in [1.807, 2.05) is 13.0 Å². The van der Waals surface area contributed by atoms with Crippen LogP contribution in [0.1, 0.15) is 18.7 Å². The SMILES string of the molecule is Cc1nc(N)cc(N2CCCC2CN(C)C)n1. The number of hydrogen-bond donors (Lipinski definition) is 1. The van der Waals surface area contributed by atoms with Crippen LogP contribution in [0, 0.1) is 6.92 Å². The summed E-state index contributed by atoms with van der Waals surface area (Å²) in [6.07, 6.45) is 2.45. The molecule has 2 rings (SSSR count). The second-order valence-electron chi connectivity index (χ2n) is 4.95. The third-order valence-electron chi connectivity index (χ3n) is 3.09. The predicted octanol–water partition coefficient (Wildman–Crippen LogP) is 0.898. The Morgan fingerprint density at radius 3 is 2.88 bits per heavy atom. The van der Waals surface area contributed by atoms with Gasteiger partial charge in [-0.25, -0.2) is 9.97 Å². The van der Waals surface area contributed by atoms with Crippen LogP contribution in [0.15, 0.2) is 6.07 Å². The predicted molar refractivity (Wildman–Crippen MR) is 70.1 cm³/mol. The van der Waals surface area contributed by atoms with Gasteiger partial charge in [0.2, 0.25) is 0 Å². The summed E-state index contributed by atoms with van der Waals surface area (Å²) in [5, 5.41) is 0. The first-order valence-electron chi connectivity index (χ1n) is 6.09. The molecule has 2 heterocycles. The molecule has 1 atom stereocenters. The van der Waals surface area contributed by atoms with Crippen molar-refractivity contribution in [2.45, 2.75) is 25.8 Å². The molecule has 0 amide bonds.